The average Bonchev–Trinajstić information content (AvgIpc) is 2.65. The molecule has 0 saturated heterocycles. The monoisotopic (exact) mass is 751 g/mol. The summed E-state index contributed by atoms with van der Waals surface area (Å²) >= 11 is 6.22. The molecule has 4 N–H and O–H groups in total. The van der Waals surface area contributed by atoms with Crippen LogP contribution in [0, 0.1) is 10.7 Å². The highest BCUT2D eigenvalue weighted by Gasteiger charge is 2.17. The van der Waals surface area contributed by atoms with E-state index in [9.17, 15) is 14.4 Å². The summed E-state index contributed by atoms with van der Waals surface area (Å²) in [6, 6.07) is 7.59. The fourth-order valence-electron chi connectivity index (χ4n) is 2.30. The van der Waals surface area contributed by atoms with Crippen molar-refractivity contribution in [2.75, 3.05) is 0 Å². The zero-order chi connectivity index (χ0) is 22.4. The second-order valence-corrected chi connectivity index (χ2v) is 9.59. The van der Waals surface area contributed by atoms with Crippen LogP contribution in [0.5, 0.6) is 17.2 Å². The highest BCUT2D eigenvalue weighted by molar-refractivity contribution is 14.1. The zero-order valence-electron chi connectivity index (χ0n) is 15.2. The van der Waals surface area contributed by atoms with Crippen LogP contribution in [-0.2, 0) is 20.8 Å². The Hall–Kier alpha value is -1.20. The largest absolute Gasteiger partial charge is 0.481 e. The van der Waals surface area contributed by atoms with Gasteiger partial charge in [-0.15, -0.1) is 0 Å². The van der Waals surface area contributed by atoms with Crippen molar-refractivity contribution in [3.63, 3.8) is 0 Å². The smallest absolute Gasteiger partial charge is 0.320 e. The van der Waals surface area contributed by atoms with Crippen LogP contribution in [0.2, 0.25) is 0 Å². The lowest BCUT2D eigenvalue weighted by Crippen LogP contribution is -2.32. The molecule has 2 rings (SSSR count). The molecule has 0 fully saturated rings. The summed E-state index contributed by atoms with van der Waals surface area (Å²) in [5, 5.41) is 17.6. The first kappa shape index (κ1) is 25.1. The normalized spacial score (nSPS) is 11.6. The fraction of sp³-hybridized carbons (Fsp3) is 0.211. The van der Waals surface area contributed by atoms with E-state index in [-0.39, 0.29) is 19.3 Å². The van der Waals surface area contributed by atoms with Crippen molar-refractivity contribution < 1.29 is 34.1 Å². The van der Waals surface area contributed by atoms with Gasteiger partial charge in [-0.1, -0.05) is 0 Å². The third-order valence-corrected chi connectivity index (χ3v) is 6.17. The molecule has 2 aromatic rings. The Morgan fingerprint density at radius 1 is 0.967 bits per heavy atom. The van der Waals surface area contributed by atoms with Gasteiger partial charge in [0.25, 0.3) is 0 Å². The number of carbonyl (C=O) groups excluding carboxylic acids is 1. The number of carbonyl (C=O) groups is 3. The molecule has 2 aromatic carbocycles. The van der Waals surface area contributed by atoms with E-state index in [1.807, 2.05) is 34.7 Å². The van der Waals surface area contributed by atoms with E-state index in [1.54, 1.807) is 18.2 Å². The van der Waals surface area contributed by atoms with Gasteiger partial charge in [0.2, 0.25) is 0 Å². The molecule has 0 spiro atoms. The third-order valence-electron chi connectivity index (χ3n) is 3.72. The lowest BCUT2D eigenvalue weighted by Gasteiger charge is -2.14. The van der Waals surface area contributed by atoms with Gasteiger partial charge in [-0.2, -0.15) is 0 Å². The summed E-state index contributed by atoms with van der Waals surface area (Å²) in [6.45, 7) is 0. The number of esters is 1. The predicted octanol–water partition coefficient (Wildman–Crippen LogP) is 4.02. The van der Waals surface area contributed by atoms with Gasteiger partial charge in [-0.25, -0.2) is 0 Å². The number of nitrogens with two attached hydrogens (primary N) is 1. The highest BCUT2D eigenvalue weighted by Crippen LogP contribution is 2.35. The van der Waals surface area contributed by atoms with Gasteiger partial charge in [0.15, 0.2) is 5.75 Å². The zero-order valence-corrected chi connectivity index (χ0v) is 21.7. The molecule has 0 aliphatic rings. The molecular weight excluding hydrogens is 735 g/mol. The Morgan fingerprint density at radius 2 is 1.60 bits per heavy atom. The number of aliphatic carboxylic acids is 2. The first-order valence-electron chi connectivity index (χ1n) is 8.43. The molecule has 0 aromatic heterocycles. The van der Waals surface area contributed by atoms with Gasteiger partial charge in [0, 0.05) is 0 Å². The Morgan fingerprint density at radius 3 is 2.13 bits per heavy atom. The topological polar surface area (TPSA) is 136 Å². The minimum Gasteiger partial charge on any atom is -0.481 e. The first-order valence-corrected chi connectivity index (χ1v) is 11.7. The number of halogens is 3. The van der Waals surface area contributed by atoms with Gasteiger partial charge >= 0.3 is 17.9 Å². The molecule has 0 saturated carbocycles. The van der Waals surface area contributed by atoms with Crippen LogP contribution < -0.4 is 15.2 Å². The maximum Gasteiger partial charge on any atom is 0.320 e. The van der Waals surface area contributed by atoms with Crippen molar-refractivity contribution in [2.45, 2.75) is 25.3 Å². The van der Waals surface area contributed by atoms with Crippen molar-refractivity contribution in [3.05, 3.63) is 46.6 Å². The van der Waals surface area contributed by atoms with Crippen molar-refractivity contribution in [3.8, 4) is 17.2 Å². The van der Waals surface area contributed by atoms with Gasteiger partial charge in [-0.05, 0) is 110 Å². The fourth-order valence-corrected chi connectivity index (χ4v) is 5.01. The van der Waals surface area contributed by atoms with Crippen LogP contribution in [0.1, 0.15) is 18.4 Å². The Bertz CT molecular complexity index is 958. The third kappa shape index (κ3) is 7.49. The maximum absolute atomic E-state index is 11.7. The molecule has 1 atom stereocenters. The van der Waals surface area contributed by atoms with E-state index >= 15 is 0 Å². The predicted molar refractivity (Wildman–Crippen MR) is 133 cm³/mol. The molecule has 0 radical (unpaired) electrons. The van der Waals surface area contributed by atoms with Crippen LogP contribution in [0.4, 0.5) is 0 Å². The molecule has 8 nitrogen and oxygen atoms in total. The average molecular weight is 751 g/mol. The number of carboxylic acid groups (broad SMARTS) is 2. The summed E-state index contributed by atoms with van der Waals surface area (Å²) in [4.78, 5) is 33.2. The van der Waals surface area contributed by atoms with Crippen molar-refractivity contribution >= 4 is 85.7 Å². The van der Waals surface area contributed by atoms with Crippen LogP contribution in [0.25, 0.3) is 0 Å². The minimum atomic E-state index is -1.06. The van der Waals surface area contributed by atoms with Crippen LogP contribution in [-0.4, -0.2) is 34.2 Å². The summed E-state index contributed by atoms with van der Waals surface area (Å²) in [5.41, 5.74) is 6.40. The highest BCUT2D eigenvalue weighted by atomic mass is 127. The van der Waals surface area contributed by atoms with E-state index in [1.165, 1.54) is 0 Å². The summed E-state index contributed by atoms with van der Waals surface area (Å²) in [5.74, 6) is -1.28. The lowest BCUT2D eigenvalue weighted by atomic mass is 10.1. The van der Waals surface area contributed by atoms with Crippen LogP contribution >= 0.6 is 67.8 Å². The molecule has 0 heterocycles. The molecule has 11 heteroatoms. The molecule has 30 heavy (non-hydrogen) atoms. The Kier molecular flexibility index (Phi) is 9.55. The number of hydrogen-bond donors (Lipinski definition) is 3. The van der Waals surface area contributed by atoms with Crippen molar-refractivity contribution in [1.82, 2.24) is 0 Å². The first-order chi connectivity index (χ1) is 14.1. The SMILES string of the molecule is N[C@@H](Cc1cc(I)c(Oc2ccc(OC(=O)CCC(=O)O)c(I)c2)c(I)c1)C(=O)O. The van der Waals surface area contributed by atoms with Gasteiger partial charge in [0.05, 0.1) is 23.6 Å². The molecule has 0 aliphatic carbocycles. The number of hydrogen-bond acceptors (Lipinski definition) is 6. The maximum atomic E-state index is 11.7. The van der Waals surface area contributed by atoms with Crippen molar-refractivity contribution in [2.24, 2.45) is 5.73 Å². The van der Waals surface area contributed by atoms with Crippen LogP contribution in [0.3, 0.4) is 0 Å². The van der Waals surface area contributed by atoms with E-state index in [4.69, 9.17) is 25.4 Å². The van der Waals surface area contributed by atoms with Crippen LogP contribution in [0.15, 0.2) is 30.3 Å². The molecule has 0 unspecified atom stereocenters. The van der Waals surface area contributed by atoms with E-state index in [0.717, 1.165) is 12.7 Å². The number of carboxylic acids is 2. The van der Waals surface area contributed by atoms with E-state index in [2.05, 4.69) is 45.2 Å². The molecule has 0 amide bonds. The van der Waals surface area contributed by atoms with Gasteiger partial charge in [-0.3, -0.25) is 14.4 Å². The Labute approximate surface area is 212 Å². The number of benzene rings is 2. The summed E-state index contributed by atoms with van der Waals surface area (Å²) < 4.78 is 13.4. The lowest BCUT2D eigenvalue weighted by molar-refractivity contribution is -0.142. The van der Waals surface area contributed by atoms with Gasteiger partial charge in [0.1, 0.15) is 17.5 Å². The summed E-state index contributed by atoms with van der Waals surface area (Å²) in [6.07, 6.45) is -0.291. The van der Waals surface area contributed by atoms with E-state index in [0.29, 0.717) is 20.8 Å². The second kappa shape index (κ2) is 11.4. The second-order valence-electron chi connectivity index (χ2n) is 6.10. The molecule has 0 bridgehead atoms. The standard InChI is InChI=1S/C19H16I3NO7/c20-11-8-10(1-2-15(11)30-17(26)4-3-16(24)25)29-18-12(21)5-9(6-13(18)22)7-14(23)19(27)28/h1-2,5-6,8,14H,3-4,7,23H2,(H,24,25)(H,27,28)/t14-/m0/s1. The quantitative estimate of drug-likeness (QED) is 0.199. The molecule has 0 aliphatic heterocycles. The molecule has 160 valence electrons. The number of rotatable bonds is 9. The Balaban J connectivity index is 2.12. The number of ether oxygens (including phenoxy) is 2. The minimum absolute atomic E-state index is 0.210. The molecular formula is C19H16I3NO7. The van der Waals surface area contributed by atoms with Crippen molar-refractivity contribution in [1.29, 1.82) is 0 Å². The summed E-state index contributed by atoms with van der Waals surface area (Å²) in [7, 11) is 0. The van der Waals surface area contributed by atoms with Gasteiger partial charge < -0.3 is 25.4 Å². The van der Waals surface area contributed by atoms with E-state index < -0.39 is 23.9 Å².